The molecule has 0 saturated carbocycles. The maximum Gasteiger partial charge on any atom is 0.251 e. The molecule has 1 N–H and O–H groups in total. The van der Waals surface area contributed by atoms with Crippen LogP contribution in [0.3, 0.4) is 0 Å². The molecule has 7 heteroatoms. The van der Waals surface area contributed by atoms with E-state index in [9.17, 15) is 4.79 Å². The number of ether oxygens (including phenoxy) is 3. The van der Waals surface area contributed by atoms with Crippen molar-refractivity contribution in [3.63, 3.8) is 0 Å². The summed E-state index contributed by atoms with van der Waals surface area (Å²) in [4.78, 5) is 20.0. The Balaban J connectivity index is 1.29. The third-order valence-electron chi connectivity index (χ3n) is 7.08. The van der Waals surface area contributed by atoms with Gasteiger partial charge < -0.3 is 24.4 Å². The summed E-state index contributed by atoms with van der Waals surface area (Å²) in [5.74, 6) is 1.89. The number of amides is 1. The summed E-state index contributed by atoms with van der Waals surface area (Å²) in [6.07, 6.45) is 5.55. The van der Waals surface area contributed by atoms with E-state index in [4.69, 9.17) is 14.2 Å². The van der Waals surface area contributed by atoms with E-state index < -0.39 is 0 Å². The predicted molar refractivity (Wildman–Crippen MR) is 150 cm³/mol. The van der Waals surface area contributed by atoms with Crippen molar-refractivity contribution in [3.8, 4) is 28.6 Å². The number of methoxy groups -OCH3 is 2. The summed E-state index contributed by atoms with van der Waals surface area (Å²) in [5, 5.41) is 3.07. The van der Waals surface area contributed by atoms with Crippen molar-refractivity contribution in [2.75, 3.05) is 40.5 Å². The molecule has 1 fully saturated rings. The molecule has 2 heterocycles. The molecule has 1 amide bonds. The molecule has 1 aliphatic heterocycles. The van der Waals surface area contributed by atoms with Crippen LogP contribution >= 0.6 is 0 Å². The largest absolute Gasteiger partial charge is 0.493 e. The molecule has 1 saturated heterocycles. The number of nitrogens with one attached hydrogen (secondary N) is 1. The monoisotopic (exact) mass is 517 g/mol. The number of nitrogens with zero attached hydrogens (tertiary/aromatic N) is 2. The van der Waals surface area contributed by atoms with Gasteiger partial charge in [0.1, 0.15) is 0 Å². The van der Waals surface area contributed by atoms with Gasteiger partial charge in [-0.2, -0.15) is 0 Å². The smallest absolute Gasteiger partial charge is 0.251 e. The molecule has 3 aromatic rings. The number of carbonyl (C=O) groups is 1. The van der Waals surface area contributed by atoms with Gasteiger partial charge in [0, 0.05) is 42.7 Å². The molecule has 38 heavy (non-hydrogen) atoms. The maximum atomic E-state index is 12.8. The molecule has 7 nitrogen and oxygen atoms in total. The van der Waals surface area contributed by atoms with Crippen molar-refractivity contribution >= 4 is 5.91 Å². The number of aromatic nitrogens is 1. The van der Waals surface area contributed by atoms with Gasteiger partial charge in [0.25, 0.3) is 5.91 Å². The van der Waals surface area contributed by atoms with Crippen molar-refractivity contribution in [2.24, 2.45) is 0 Å². The van der Waals surface area contributed by atoms with Crippen LogP contribution in [0.2, 0.25) is 0 Å². The van der Waals surface area contributed by atoms with E-state index in [1.807, 2.05) is 60.7 Å². The minimum atomic E-state index is -0.0548. The van der Waals surface area contributed by atoms with E-state index in [1.54, 1.807) is 14.2 Å². The van der Waals surface area contributed by atoms with Gasteiger partial charge in [-0.25, -0.2) is 4.98 Å². The number of pyridine rings is 1. The summed E-state index contributed by atoms with van der Waals surface area (Å²) in [6, 6.07) is 19.8. The Labute approximate surface area is 226 Å². The van der Waals surface area contributed by atoms with Gasteiger partial charge >= 0.3 is 0 Å². The Bertz CT molecular complexity index is 1200. The Hall–Kier alpha value is -3.58. The lowest BCUT2D eigenvalue weighted by molar-refractivity contribution is 0.0949. The molecule has 1 atom stereocenters. The summed E-state index contributed by atoms with van der Waals surface area (Å²) in [7, 11) is 3.25. The van der Waals surface area contributed by atoms with Gasteiger partial charge in [0.05, 0.1) is 26.5 Å². The summed E-state index contributed by atoms with van der Waals surface area (Å²) in [5.41, 5.74) is 3.37. The molecule has 4 rings (SSSR count). The highest BCUT2D eigenvalue weighted by atomic mass is 16.5. The van der Waals surface area contributed by atoms with Crippen LogP contribution < -0.4 is 19.5 Å². The van der Waals surface area contributed by atoms with Gasteiger partial charge in [-0.1, -0.05) is 30.7 Å². The molecule has 1 aliphatic rings. The zero-order chi connectivity index (χ0) is 26.7. The van der Waals surface area contributed by atoms with E-state index in [-0.39, 0.29) is 5.91 Å². The van der Waals surface area contributed by atoms with E-state index >= 15 is 0 Å². The molecular formula is C31H39N3O4. The van der Waals surface area contributed by atoms with Crippen LogP contribution in [0.15, 0.2) is 60.7 Å². The highest BCUT2D eigenvalue weighted by molar-refractivity contribution is 5.95. The first-order chi connectivity index (χ1) is 18.6. The number of rotatable bonds is 12. The third kappa shape index (κ3) is 7.48. The van der Waals surface area contributed by atoms with Crippen LogP contribution in [0.25, 0.3) is 11.3 Å². The van der Waals surface area contributed by atoms with Crippen LogP contribution in [-0.4, -0.2) is 62.3 Å². The van der Waals surface area contributed by atoms with Crippen molar-refractivity contribution < 1.29 is 19.0 Å². The van der Waals surface area contributed by atoms with E-state index in [0.717, 1.165) is 29.8 Å². The van der Waals surface area contributed by atoms with Crippen LogP contribution in [0.5, 0.6) is 17.4 Å². The second-order valence-corrected chi connectivity index (χ2v) is 9.72. The molecule has 1 aromatic heterocycles. The molecular weight excluding hydrogens is 478 g/mol. The number of carbonyl (C=O) groups excluding carboxylic acids is 1. The molecule has 2 aromatic carbocycles. The Morgan fingerprint density at radius 2 is 1.87 bits per heavy atom. The summed E-state index contributed by atoms with van der Waals surface area (Å²) < 4.78 is 16.6. The van der Waals surface area contributed by atoms with Gasteiger partial charge in [-0.3, -0.25) is 4.79 Å². The number of piperidine rings is 1. The standard InChI is InChI=1S/C31H39N3O4/c1-23-9-4-5-18-34(23)19-8-17-32-31(35)26-11-6-10-25(22-26)27-12-7-13-30(33-27)38-20-16-24-14-15-28(36-2)29(21-24)37-3/h6-7,10-15,21-23H,4-5,8-9,16-20H2,1-3H3,(H,32,35). The predicted octanol–water partition coefficient (Wildman–Crippen LogP) is 5.38. The van der Waals surface area contributed by atoms with E-state index in [2.05, 4.69) is 22.1 Å². The highest BCUT2D eigenvalue weighted by Gasteiger charge is 2.17. The SMILES string of the molecule is COc1ccc(CCOc2cccc(-c3cccc(C(=O)NCCCN4CCCCC4C)c3)n2)cc1OC. The molecule has 0 aliphatic carbocycles. The topological polar surface area (TPSA) is 72.9 Å². The Morgan fingerprint density at radius 3 is 2.68 bits per heavy atom. The van der Waals surface area contributed by atoms with Crippen molar-refractivity contribution in [2.45, 2.75) is 45.1 Å². The van der Waals surface area contributed by atoms with Crippen LogP contribution in [0, 0.1) is 0 Å². The Kier molecular flexibility index (Phi) is 9.98. The zero-order valence-corrected chi connectivity index (χ0v) is 22.7. The van der Waals surface area contributed by atoms with Crippen molar-refractivity contribution in [3.05, 3.63) is 71.8 Å². The minimum Gasteiger partial charge on any atom is -0.493 e. The zero-order valence-electron chi connectivity index (χ0n) is 22.7. The Morgan fingerprint density at radius 1 is 1.03 bits per heavy atom. The average Bonchev–Trinajstić information content (AvgIpc) is 2.96. The van der Waals surface area contributed by atoms with Crippen molar-refractivity contribution in [1.82, 2.24) is 15.2 Å². The molecule has 0 bridgehead atoms. The fourth-order valence-electron chi connectivity index (χ4n) is 4.86. The van der Waals surface area contributed by atoms with Crippen LogP contribution in [0.1, 0.15) is 48.5 Å². The third-order valence-corrected chi connectivity index (χ3v) is 7.08. The number of hydrogen-bond acceptors (Lipinski definition) is 6. The molecule has 1 unspecified atom stereocenters. The number of hydrogen-bond donors (Lipinski definition) is 1. The lowest BCUT2D eigenvalue weighted by atomic mass is 10.0. The van der Waals surface area contributed by atoms with Crippen LogP contribution in [0.4, 0.5) is 0 Å². The normalized spacial score (nSPS) is 15.6. The van der Waals surface area contributed by atoms with Gasteiger partial charge in [0.15, 0.2) is 11.5 Å². The lowest BCUT2D eigenvalue weighted by Gasteiger charge is -2.33. The lowest BCUT2D eigenvalue weighted by Crippen LogP contribution is -2.39. The fourth-order valence-corrected chi connectivity index (χ4v) is 4.86. The van der Waals surface area contributed by atoms with Crippen LogP contribution in [-0.2, 0) is 6.42 Å². The number of likely N-dealkylation sites (tertiary alicyclic amines) is 1. The summed E-state index contributed by atoms with van der Waals surface area (Å²) in [6.45, 7) is 5.65. The average molecular weight is 518 g/mol. The maximum absolute atomic E-state index is 12.8. The van der Waals surface area contributed by atoms with E-state index in [0.29, 0.717) is 48.6 Å². The second kappa shape index (κ2) is 13.8. The van der Waals surface area contributed by atoms with Gasteiger partial charge in [-0.05, 0) is 68.6 Å². The van der Waals surface area contributed by atoms with Crippen molar-refractivity contribution in [1.29, 1.82) is 0 Å². The molecule has 0 radical (unpaired) electrons. The second-order valence-electron chi connectivity index (χ2n) is 9.72. The first-order valence-corrected chi connectivity index (χ1v) is 13.5. The van der Waals surface area contributed by atoms with Gasteiger partial charge in [-0.15, -0.1) is 0 Å². The summed E-state index contributed by atoms with van der Waals surface area (Å²) >= 11 is 0. The first kappa shape index (κ1) is 27.5. The molecule has 0 spiro atoms. The quantitative estimate of drug-likeness (QED) is 0.325. The molecule has 202 valence electrons. The fraction of sp³-hybridized carbons (Fsp3) is 0.419. The first-order valence-electron chi connectivity index (χ1n) is 13.5. The number of benzene rings is 2. The minimum absolute atomic E-state index is 0.0548. The van der Waals surface area contributed by atoms with Gasteiger partial charge in [0.2, 0.25) is 5.88 Å². The highest BCUT2D eigenvalue weighted by Crippen LogP contribution is 2.28. The van der Waals surface area contributed by atoms with E-state index in [1.165, 1.54) is 25.8 Å².